The van der Waals surface area contributed by atoms with Gasteiger partial charge in [-0.05, 0) is 38.4 Å². The molecule has 118 valence electrons. The topological polar surface area (TPSA) is 48.5 Å². The quantitative estimate of drug-likeness (QED) is 0.890. The average molecular weight is 365 g/mol. The molecule has 1 aromatic rings. The van der Waals surface area contributed by atoms with Gasteiger partial charge in [0.15, 0.2) is 0 Å². The number of likely N-dealkylation sites (N-methyl/N-ethyl adjacent to an activating group) is 1. The minimum absolute atomic E-state index is 0.114. The zero-order valence-electron chi connectivity index (χ0n) is 12.7. The number of aromatic nitrogens is 1. The minimum Gasteiger partial charge on any atom is -0.310 e. The van der Waals surface area contributed by atoms with Gasteiger partial charge in [0.2, 0.25) is 5.91 Å². The molecule has 0 radical (unpaired) electrons. The monoisotopic (exact) mass is 364 g/mol. The lowest BCUT2D eigenvalue weighted by Crippen LogP contribution is -2.54. The van der Waals surface area contributed by atoms with Crippen LogP contribution >= 0.6 is 15.9 Å². The Kier molecular flexibility index (Phi) is 3.71. The Balaban J connectivity index is 1.29. The van der Waals surface area contributed by atoms with Crippen LogP contribution in [0.15, 0.2) is 22.8 Å². The Labute approximate surface area is 139 Å². The summed E-state index contributed by atoms with van der Waals surface area (Å²) in [5.41, 5.74) is 0. The van der Waals surface area contributed by atoms with Crippen molar-refractivity contribution in [1.82, 2.24) is 14.8 Å². The Morgan fingerprint density at radius 3 is 2.73 bits per heavy atom. The second-order valence-corrected chi connectivity index (χ2v) is 7.77. The molecule has 1 amide bonds. The van der Waals surface area contributed by atoms with Crippen LogP contribution in [0.1, 0.15) is 19.3 Å². The zero-order chi connectivity index (χ0) is 15.3. The van der Waals surface area contributed by atoms with E-state index < -0.39 is 0 Å². The summed E-state index contributed by atoms with van der Waals surface area (Å²) in [4.78, 5) is 21.6. The van der Waals surface area contributed by atoms with Gasteiger partial charge in [-0.2, -0.15) is 0 Å². The molecule has 6 heteroatoms. The summed E-state index contributed by atoms with van der Waals surface area (Å²) in [5.74, 6) is 0.885. The van der Waals surface area contributed by atoms with Crippen LogP contribution in [0.4, 0.5) is 5.82 Å². The second kappa shape index (κ2) is 5.58. The molecule has 2 aliphatic heterocycles. The first kappa shape index (κ1) is 14.6. The van der Waals surface area contributed by atoms with E-state index >= 15 is 0 Å². The van der Waals surface area contributed by atoms with Crippen molar-refractivity contribution in [2.75, 3.05) is 25.5 Å². The van der Waals surface area contributed by atoms with E-state index in [1.165, 1.54) is 19.5 Å². The molecule has 2 atom stereocenters. The first-order valence-electron chi connectivity index (χ1n) is 7.98. The van der Waals surface area contributed by atoms with E-state index in [1.807, 2.05) is 12.1 Å². The number of fused-ring (bicyclic) bond motifs is 2. The van der Waals surface area contributed by atoms with Crippen LogP contribution in [0.3, 0.4) is 0 Å². The lowest BCUT2D eigenvalue weighted by molar-refractivity contribution is -0.125. The molecule has 3 fully saturated rings. The molecule has 22 heavy (non-hydrogen) atoms. The van der Waals surface area contributed by atoms with E-state index in [1.54, 1.807) is 6.20 Å². The summed E-state index contributed by atoms with van der Waals surface area (Å²) in [7, 11) is 2.23. The summed E-state index contributed by atoms with van der Waals surface area (Å²) in [6, 6.07) is 5.76. The molecule has 0 spiro atoms. The molecule has 2 bridgehead atoms. The van der Waals surface area contributed by atoms with Crippen LogP contribution in [0.2, 0.25) is 0 Å². The number of likely N-dealkylation sites (tertiary alicyclic amines) is 2. The van der Waals surface area contributed by atoms with E-state index in [4.69, 9.17) is 0 Å². The fourth-order valence-electron chi connectivity index (χ4n) is 4.12. The smallest absolute Gasteiger partial charge is 0.228 e. The van der Waals surface area contributed by atoms with Gasteiger partial charge < -0.3 is 10.2 Å². The van der Waals surface area contributed by atoms with Crippen molar-refractivity contribution in [3.63, 3.8) is 0 Å². The first-order valence-corrected chi connectivity index (χ1v) is 8.78. The largest absolute Gasteiger partial charge is 0.310 e. The molecule has 4 rings (SSSR count). The van der Waals surface area contributed by atoms with E-state index in [0.29, 0.717) is 11.9 Å². The summed E-state index contributed by atoms with van der Waals surface area (Å²) < 4.78 is 0.932. The van der Waals surface area contributed by atoms with Gasteiger partial charge in [-0.3, -0.25) is 9.69 Å². The van der Waals surface area contributed by atoms with Crippen LogP contribution in [0.5, 0.6) is 0 Å². The third kappa shape index (κ3) is 2.57. The van der Waals surface area contributed by atoms with E-state index in [2.05, 4.69) is 43.1 Å². The number of nitrogens with zero attached hydrogens (tertiary/aromatic N) is 3. The molecular weight excluding hydrogens is 344 g/mol. The maximum absolute atomic E-state index is 12.3. The van der Waals surface area contributed by atoms with Crippen molar-refractivity contribution in [2.45, 2.75) is 37.4 Å². The van der Waals surface area contributed by atoms with Crippen LogP contribution in [0, 0.1) is 5.92 Å². The average Bonchev–Trinajstić information content (AvgIpc) is 2.96. The molecule has 1 saturated carbocycles. The number of carbonyl (C=O) groups is 1. The van der Waals surface area contributed by atoms with Crippen molar-refractivity contribution in [1.29, 1.82) is 0 Å². The molecule has 1 N–H and O–H groups in total. The van der Waals surface area contributed by atoms with Gasteiger partial charge in [-0.15, -0.1) is 0 Å². The van der Waals surface area contributed by atoms with Gasteiger partial charge in [0.1, 0.15) is 5.82 Å². The van der Waals surface area contributed by atoms with E-state index in [9.17, 15) is 4.79 Å². The van der Waals surface area contributed by atoms with Gasteiger partial charge in [0.25, 0.3) is 0 Å². The summed E-state index contributed by atoms with van der Waals surface area (Å²) in [6.07, 6.45) is 4.99. The normalized spacial score (nSPS) is 34.6. The molecule has 3 heterocycles. The molecule has 5 nitrogen and oxygen atoms in total. The number of pyridine rings is 1. The number of carbonyl (C=O) groups excluding carboxylic acids is 1. The lowest BCUT2D eigenvalue weighted by atomic mass is 9.78. The maximum Gasteiger partial charge on any atom is 0.228 e. The fourth-order valence-corrected chi connectivity index (χ4v) is 4.45. The lowest BCUT2D eigenvalue weighted by Gasteiger charge is -2.45. The van der Waals surface area contributed by atoms with Gasteiger partial charge in [-0.25, -0.2) is 4.98 Å². The highest BCUT2D eigenvalue weighted by Gasteiger charge is 2.48. The third-order valence-electron chi connectivity index (χ3n) is 5.48. The Morgan fingerprint density at radius 2 is 2.09 bits per heavy atom. The van der Waals surface area contributed by atoms with E-state index in [-0.39, 0.29) is 11.8 Å². The number of halogens is 1. The van der Waals surface area contributed by atoms with Gasteiger partial charge in [0.05, 0.1) is 0 Å². The second-order valence-electron chi connectivity index (χ2n) is 6.85. The van der Waals surface area contributed by atoms with Crippen molar-refractivity contribution >= 4 is 27.7 Å². The van der Waals surface area contributed by atoms with Gasteiger partial charge in [-0.1, -0.05) is 15.9 Å². The summed E-state index contributed by atoms with van der Waals surface area (Å²) >= 11 is 3.40. The number of nitrogens with one attached hydrogen (secondary N) is 1. The summed E-state index contributed by atoms with van der Waals surface area (Å²) in [6.45, 7) is 2.38. The van der Waals surface area contributed by atoms with Crippen molar-refractivity contribution in [3.05, 3.63) is 22.8 Å². The molecule has 1 aromatic heterocycles. The number of anilines is 1. The Hall–Kier alpha value is -0.980. The molecule has 0 unspecified atom stereocenters. The molecule has 3 aliphatic rings. The first-order chi connectivity index (χ1) is 10.6. The Morgan fingerprint density at radius 1 is 1.27 bits per heavy atom. The number of rotatable bonds is 3. The number of hydrogen-bond donors (Lipinski definition) is 1. The fraction of sp³-hybridized carbons (Fsp3) is 0.625. The number of hydrogen-bond acceptors (Lipinski definition) is 4. The highest BCUT2D eigenvalue weighted by molar-refractivity contribution is 9.10. The molecule has 2 saturated heterocycles. The predicted molar refractivity (Wildman–Crippen MR) is 88.6 cm³/mol. The maximum atomic E-state index is 12.3. The van der Waals surface area contributed by atoms with Crippen LogP contribution in [-0.4, -0.2) is 59.0 Å². The molecule has 1 aliphatic carbocycles. The summed E-state index contributed by atoms with van der Waals surface area (Å²) in [5, 5.41) is 2.93. The van der Waals surface area contributed by atoms with Crippen LogP contribution in [-0.2, 0) is 4.79 Å². The van der Waals surface area contributed by atoms with Crippen molar-refractivity contribution in [2.24, 2.45) is 5.92 Å². The highest BCUT2D eigenvalue weighted by atomic mass is 79.9. The SMILES string of the molecule is CN1C[C@@H]2C[C@H]1CN2C1CC(C(=O)Nc2cc(Br)ccn2)C1. The number of amides is 1. The molecular formula is C16H21BrN4O. The van der Waals surface area contributed by atoms with Gasteiger partial charge in [0, 0.05) is 47.8 Å². The highest BCUT2D eigenvalue weighted by Crippen LogP contribution is 2.40. The van der Waals surface area contributed by atoms with Crippen molar-refractivity contribution in [3.8, 4) is 0 Å². The minimum atomic E-state index is 0.114. The standard InChI is InChI=1S/C16H21BrN4O/c1-20-8-14-7-13(20)9-21(14)12-4-10(5-12)16(22)19-15-6-11(17)2-3-18-15/h2-3,6,10,12-14H,4-5,7-9H2,1H3,(H,18,19,22)/t10?,12?,13-,14-/m0/s1. The van der Waals surface area contributed by atoms with E-state index in [0.717, 1.165) is 29.4 Å². The Bertz CT molecular complexity index is 587. The zero-order valence-corrected chi connectivity index (χ0v) is 14.3. The van der Waals surface area contributed by atoms with Crippen LogP contribution in [0.25, 0.3) is 0 Å². The predicted octanol–water partition coefficient (Wildman–Crippen LogP) is 1.95. The number of piperazine rings is 1. The molecule has 0 aromatic carbocycles. The van der Waals surface area contributed by atoms with Gasteiger partial charge >= 0.3 is 0 Å². The van der Waals surface area contributed by atoms with Crippen LogP contribution < -0.4 is 5.32 Å². The van der Waals surface area contributed by atoms with Crippen molar-refractivity contribution < 1.29 is 4.79 Å². The third-order valence-corrected chi connectivity index (χ3v) is 5.98.